The van der Waals surface area contributed by atoms with E-state index in [2.05, 4.69) is 42.2 Å². The van der Waals surface area contributed by atoms with Crippen LogP contribution in [-0.2, 0) is 9.47 Å². The maximum Gasteiger partial charge on any atom is 0.410 e. The Kier molecular flexibility index (Phi) is 10.8. The van der Waals surface area contributed by atoms with Crippen molar-refractivity contribution in [1.82, 2.24) is 24.8 Å². The summed E-state index contributed by atoms with van der Waals surface area (Å²) in [4.78, 5) is 31.9. The molecule has 13 nitrogen and oxygen atoms in total. The molecule has 3 aromatic rings. The van der Waals surface area contributed by atoms with Gasteiger partial charge in [0.15, 0.2) is 12.0 Å². The molecule has 0 spiro atoms. The van der Waals surface area contributed by atoms with Gasteiger partial charge in [0.25, 0.3) is 0 Å². The van der Waals surface area contributed by atoms with Crippen LogP contribution in [-0.4, -0.2) is 114 Å². The normalized spacial score (nSPS) is 20.6. The number of nitrogens with one attached hydrogen (secondary N) is 1. The molecule has 1 N–H and O–H groups in total. The number of hydrogen-bond acceptors (Lipinski definition) is 12. The van der Waals surface area contributed by atoms with Crippen LogP contribution in [0.25, 0.3) is 11.4 Å². The van der Waals surface area contributed by atoms with Crippen LogP contribution in [0, 0.1) is 11.3 Å². The minimum absolute atomic E-state index is 0.150. The van der Waals surface area contributed by atoms with Crippen molar-refractivity contribution in [3.8, 4) is 29.0 Å². The summed E-state index contributed by atoms with van der Waals surface area (Å²) in [5, 5.41) is 13.2. The number of rotatable bonds is 8. The number of carbonyl (C=O) groups is 1. The van der Waals surface area contributed by atoms with Crippen molar-refractivity contribution in [2.45, 2.75) is 64.0 Å². The number of alkyl halides is 1. The topological polar surface area (TPSA) is 138 Å². The van der Waals surface area contributed by atoms with Gasteiger partial charge in [-0.1, -0.05) is 0 Å². The summed E-state index contributed by atoms with van der Waals surface area (Å²) < 4.78 is 37.8. The second-order valence-corrected chi connectivity index (χ2v) is 13.7. The quantitative estimate of drug-likeness (QED) is 0.333. The van der Waals surface area contributed by atoms with Crippen molar-refractivity contribution in [2.75, 3.05) is 69.8 Å². The number of carbonyl (C=O) groups excluding carboxylic acids is 1. The average Bonchev–Trinajstić information content (AvgIpc) is 3.12. The number of ether oxygens (including phenoxy) is 4. The lowest BCUT2D eigenvalue weighted by molar-refractivity contribution is -0.0106. The Bertz CT molecular complexity index is 1680. The third-order valence-electron chi connectivity index (χ3n) is 9.14. The number of benzene rings is 2. The van der Waals surface area contributed by atoms with Gasteiger partial charge >= 0.3 is 6.09 Å². The predicted molar refractivity (Wildman–Crippen MR) is 186 cm³/mol. The molecule has 14 heteroatoms. The zero-order chi connectivity index (χ0) is 35.3. The third-order valence-corrected chi connectivity index (χ3v) is 9.14. The van der Waals surface area contributed by atoms with Gasteiger partial charge < -0.3 is 34.1 Å². The van der Waals surface area contributed by atoms with E-state index in [9.17, 15) is 10.1 Å². The van der Waals surface area contributed by atoms with Crippen molar-refractivity contribution >= 4 is 23.4 Å². The maximum absolute atomic E-state index is 15.1. The number of piperidine rings is 2. The van der Waals surface area contributed by atoms with Crippen molar-refractivity contribution < 1.29 is 28.1 Å². The highest BCUT2D eigenvalue weighted by molar-refractivity contribution is 5.69. The van der Waals surface area contributed by atoms with Crippen molar-refractivity contribution in [1.29, 1.82) is 5.26 Å². The Labute approximate surface area is 292 Å². The zero-order valence-corrected chi connectivity index (χ0v) is 29.1. The van der Waals surface area contributed by atoms with Gasteiger partial charge in [-0.25, -0.2) is 19.2 Å². The summed E-state index contributed by atoms with van der Waals surface area (Å²) in [6.07, 6.45) is 1.04. The van der Waals surface area contributed by atoms with Crippen LogP contribution in [0.15, 0.2) is 42.7 Å². The summed E-state index contributed by atoms with van der Waals surface area (Å²) >= 11 is 0. The van der Waals surface area contributed by atoms with E-state index < -0.39 is 24.0 Å². The monoisotopic (exact) mass is 688 g/mol. The predicted octanol–water partition coefficient (Wildman–Crippen LogP) is 5.19. The highest BCUT2D eigenvalue weighted by atomic mass is 19.1. The van der Waals surface area contributed by atoms with Crippen LogP contribution in [0.5, 0.6) is 11.5 Å². The Hall–Kier alpha value is -4.74. The zero-order valence-electron chi connectivity index (χ0n) is 29.1. The number of methoxy groups -OCH3 is 1. The molecule has 0 bridgehead atoms. The van der Waals surface area contributed by atoms with Crippen molar-refractivity contribution in [3.05, 3.63) is 48.3 Å². The molecule has 0 aliphatic carbocycles. The third kappa shape index (κ3) is 8.51. The fourth-order valence-corrected chi connectivity index (χ4v) is 6.59. The highest BCUT2D eigenvalue weighted by Gasteiger charge is 2.35. The number of nitrogens with zero attached hydrogens (tertiary/aromatic N) is 7. The van der Waals surface area contributed by atoms with Gasteiger partial charge in [0.05, 0.1) is 38.1 Å². The summed E-state index contributed by atoms with van der Waals surface area (Å²) in [7, 11) is 1.67. The number of aromatic nitrogens is 3. The molecule has 1 aromatic heterocycles. The minimum atomic E-state index is -1.44. The lowest BCUT2D eigenvalue weighted by Gasteiger charge is -2.41. The van der Waals surface area contributed by atoms with Crippen LogP contribution in [0.3, 0.4) is 0 Å². The SMILES string of the molecule is COc1cc(Nc2ncnc(-c3ccc(O[C@H]4CCN(C(=O)OC(C)(C)C)C[C@H]4F)c(C#N)c3)n2)ccc1N1CCC(N2CCOCC2)CC1. The minimum Gasteiger partial charge on any atom is -0.495 e. The van der Waals surface area contributed by atoms with E-state index in [1.165, 1.54) is 11.2 Å². The van der Waals surface area contributed by atoms with Gasteiger partial charge in [0.2, 0.25) is 5.95 Å². The van der Waals surface area contributed by atoms with Gasteiger partial charge in [-0.15, -0.1) is 0 Å². The second-order valence-electron chi connectivity index (χ2n) is 13.7. The van der Waals surface area contributed by atoms with Gasteiger partial charge in [-0.3, -0.25) is 4.90 Å². The maximum atomic E-state index is 15.1. The lowest BCUT2D eigenvalue weighted by Crippen LogP contribution is -2.50. The summed E-state index contributed by atoms with van der Waals surface area (Å²) in [5.41, 5.74) is 1.92. The highest BCUT2D eigenvalue weighted by Crippen LogP contribution is 2.35. The Morgan fingerprint density at radius 2 is 1.80 bits per heavy atom. The summed E-state index contributed by atoms with van der Waals surface area (Å²) in [6.45, 7) is 11.0. The fraction of sp³-hybridized carbons (Fsp3) is 0.528. The van der Waals surface area contributed by atoms with Crippen LogP contribution in [0.2, 0.25) is 0 Å². The summed E-state index contributed by atoms with van der Waals surface area (Å²) in [5.74, 6) is 1.69. The molecule has 266 valence electrons. The van der Waals surface area contributed by atoms with Gasteiger partial charge in [-0.05, 0) is 63.9 Å². The van der Waals surface area contributed by atoms with E-state index in [4.69, 9.17) is 18.9 Å². The van der Waals surface area contributed by atoms with E-state index in [-0.39, 0.29) is 30.8 Å². The summed E-state index contributed by atoms with van der Waals surface area (Å²) in [6, 6.07) is 13.6. The smallest absolute Gasteiger partial charge is 0.410 e. The Balaban J connectivity index is 1.08. The number of halogens is 1. The largest absolute Gasteiger partial charge is 0.495 e. The molecule has 0 saturated carbocycles. The molecule has 2 atom stereocenters. The molecule has 0 radical (unpaired) electrons. The molecule has 2 aromatic carbocycles. The van der Waals surface area contributed by atoms with Crippen LogP contribution < -0.4 is 19.7 Å². The van der Waals surface area contributed by atoms with E-state index >= 15 is 4.39 Å². The number of anilines is 3. The Morgan fingerprint density at radius 3 is 2.50 bits per heavy atom. The first-order chi connectivity index (χ1) is 24.1. The lowest BCUT2D eigenvalue weighted by atomic mass is 10.0. The van der Waals surface area contributed by atoms with E-state index in [0.717, 1.165) is 69.4 Å². The Morgan fingerprint density at radius 1 is 1.02 bits per heavy atom. The molecule has 4 heterocycles. The number of hydrogen-bond donors (Lipinski definition) is 1. The van der Waals surface area contributed by atoms with E-state index in [1.807, 2.05) is 12.1 Å². The molecule has 1 amide bonds. The molecule has 0 unspecified atom stereocenters. The fourth-order valence-electron chi connectivity index (χ4n) is 6.59. The molecule has 6 rings (SSSR count). The molecular formula is C36H45FN8O5. The van der Waals surface area contributed by atoms with Crippen molar-refractivity contribution in [2.24, 2.45) is 0 Å². The van der Waals surface area contributed by atoms with Crippen LogP contribution >= 0.6 is 0 Å². The molecule has 3 saturated heterocycles. The van der Waals surface area contributed by atoms with E-state index in [0.29, 0.717) is 23.4 Å². The first-order valence-corrected chi connectivity index (χ1v) is 17.1. The first-order valence-electron chi connectivity index (χ1n) is 17.1. The van der Waals surface area contributed by atoms with Gasteiger partial charge in [0, 0.05) is 62.5 Å². The second kappa shape index (κ2) is 15.4. The molecular weight excluding hydrogens is 643 g/mol. The van der Waals surface area contributed by atoms with Gasteiger partial charge in [-0.2, -0.15) is 10.2 Å². The molecule has 3 aliphatic heterocycles. The molecule has 3 aliphatic rings. The number of amides is 1. The average molecular weight is 689 g/mol. The number of nitriles is 1. The number of likely N-dealkylation sites (tertiary alicyclic amines) is 1. The van der Waals surface area contributed by atoms with Crippen LogP contribution in [0.4, 0.5) is 26.5 Å². The number of morpholine rings is 1. The molecule has 3 fully saturated rings. The standard InChI is InChI=1S/C36H45FN8O5/c1-36(2,3)50-35(46)45-14-11-31(28(37)22-45)49-30-8-5-24(19-25(30)21-38)33-39-23-40-34(42-33)41-26-6-7-29(32(20-26)47-4)44-12-9-27(10-13-44)43-15-17-48-18-16-43/h5-8,19-20,23,27-28,31H,9-18,22H2,1-4H3,(H,39,40,41,42)/t28-,31+/m1/s1. The van der Waals surface area contributed by atoms with Crippen molar-refractivity contribution in [3.63, 3.8) is 0 Å². The first kappa shape index (κ1) is 35.1. The molecule has 50 heavy (non-hydrogen) atoms. The van der Waals surface area contributed by atoms with E-state index in [1.54, 1.807) is 46.1 Å². The van der Waals surface area contributed by atoms with Crippen LogP contribution in [0.1, 0.15) is 45.6 Å². The van der Waals surface area contributed by atoms with Gasteiger partial charge in [0.1, 0.15) is 35.6 Å².